The SMILES string of the molecule is COC(=O)C(=C\C=O)/C=C/[C@@]12O[C@]1(C)C[C@@H](O[Si](C)(C)C(C)(C)C)CC2(C)C. The van der Waals surface area contributed by atoms with Crippen molar-refractivity contribution in [2.75, 3.05) is 7.11 Å². The van der Waals surface area contributed by atoms with Crippen LogP contribution >= 0.6 is 0 Å². The van der Waals surface area contributed by atoms with Crippen LogP contribution in [0.3, 0.4) is 0 Å². The Balaban J connectivity index is 2.25. The second-order valence-electron chi connectivity index (χ2n) is 10.4. The monoisotopic (exact) mass is 408 g/mol. The number of carbonyl (C=O) groups excluding carboxylic acids is 2. The van der Waals surface area contributed by atoms with Crippen LogP contribution < -0.4 is 0 Å². The zero-order chi connectivity index (χ0) is 21.6. The second kappa shape index (κ2) is 7.22. The van der Waals surface area contributed by atoms with Crippen molar-refractivity contribution < 1.29 is 23.5 Å². The number of ether oxygens (including phenoxy) is 2. The lowest BCUT2D eigenvalue weighted by Gasteiger charge is -2.45. The van der Waals surface area contributed by atoms with Gasteiger partial charge in [-0.3, -0.25) is 4.79 Å². The first-order chi connectivity index (χ1) is 12.6. The van der Waals surface area contributed by atoms with Crippen molar-refractivity contribution in [3.8, 4) is 0 Å². The third-order valence-corrected chi connectivity index (χ3v) is 11.5. The first kappa shape index (κ1) is 23.0. The van der Waals surface area contributed by atoms with E-state index >= 15 is 0 Å². The van der Waals surface area contributed by atoms with Gasteiger partial charge in [0.15, 0.2) is 8.32 Å². The molecule has 2 aliphatic rings. The summed E-state index contributed by atoms with van der Waals surface area (Å²) >= 11 is 0. The van der Waals surface area contributed by atoms with Gasteiger partial charge in [0.1, 0.15) is 17.5 Å². The number of epoxide rings is 1. The molecule has 2 rings (SSSR count). The molecule has 3 atom stereocenters. The third-order valence-electron chi connectivity index (χ3n) is 6.92. The van der Waals surface area contributed by atoms with Crippen molar-refractivity contribution in [1.29, 1.82) is 0 Å². The number of allylic oxidation sites excluding steroid dienone is 1. The number of hydrogen-bond acceptors (Lipinski definition) is 5. The van der Waals surface area contributed by atoms with E-state index in [0.29, 0.717) is 6.29 Å². The third kappa shape index (κ3) is 3.91. The summed E-state index contributed by atoms with van der Waals surface area (Å²) < 4.78 is 17.8. The van der Waals surface area contributed by atoms with Crippen molar-refractivity contribution in [1.82, 2.24) is 0 Å². The molecule has 0 radical (unpaired) electrons. The Bertz CT molecular complexity index is 700. The normalized spacial score (nSPS) is 32.8. The molecule has 1 heterocycles. The fourth-order valence-electron chi connectivity index (χ4n) is 4.31. The summed E-state index contributed by atoms with van der Waals surface area (Å²) in [6.07, 6.45) is 7.25. The number of fused-ring (bicyclic) bond motifs is 1. The molecule has 0 unspecified atom stereocenters. The summed E-state index contributed by atoms with van der Waals surface area (Å²) in [5.41, 5.74) is -0.782. The van der Waals surface area contributed by atoms with Crippen LogP contribution in [0, 0.1) is 5.41 Å². The smallest absolute Gasteiger partial charge is 0.337 e. The fraction of sp³-hybridized carbons (Fsp3) is 0.727. The molecule has 0 aromatic heterocycles. The van der Waals surface area contributed by atoms with Gasteiger partial charge in [0.2, 0.25) is 0 Å². The molecule has 0 aromatic carbocycles. The number of methoxy groups -OCH3 is 1. The Morgan fingerprint density at radius 1 is 1.18 bits per heavy atom. The number of carbonyl (C=O) groups is 2. The van der Waals surface area contributed by atoms with Crippen molar-refractivity contribution in [3.05, 3.63) is 23.8 Å². The van der Waals surface area contributed by atoms with Gasteiger partial charge in [-0.25, -0.2) is 4.79 Å². The summed E-state index contributed by atoms with van der Waals surface area (Å²) in [5, 5.41) is 0.159. The Kier molecular flexibility index (Phi) is 5.94. The van der Waals surface area contributed by atoms with Crippen LogP contribution in [-0.2, 0) is 23.5 Å². The Morgan fingerprint density at radius 3 is 2.25 bits per heavy atom. The van der Waals surface area contributed by atoms with Gasteiger partial charge < -0.3 is 13.9 Å². The summed E-state index contributed by atoms with van der Waals surface area (Å²) in [6, 6.07) is 0. The Hall–Kier alpha value is -1.24. The average Bonchev–Trinajstić information content (AvgIpc) is 3.15. The second-order valence-corrected chi connectivity index (χ2v) is 15.2. The van der Waals surface area contributed by atoms with E-state index in [4.69, 9.17) is 13.9 Å². The Labute approximate surface area is 170 Å². The van der Waals surface area contributed by atoms with E-state index in [2.05, 4.69) is 54.6 Å². The molecule has 1 saturated carbocycles. The zero-order valence-electron chi connectivity index (χ0n) is 18.8. The highest BCUT2D eigenvalue weighted by Gasteiger charge is 2.75. The van der Waals surface area contributed by atoms with Gasteiger partial charge in [-0.05, 0) is 49.7 Å². The molecule has 2 fully saturated rings. The first-order valence-corrected chi connectivity index (χ1v) is 12.9. The molecule has 0 amide bonds. The number of aldehydes is 1. The van der Waals surface area contributed by atoms with Crippen LogP contribution in [0.2, 0.25) is 18.1 Å². The highest BCUT2D eigenvalue weighted by atomic mass is 28.4. The maximum Gasteiger partial charge on any atom is 0.337 e. The lowest BCUT2D eigenvalue weighted by molar-refractivity contribution is -0.135. The standard InChI is InChI=1S/C22H36O5Si/c1-19(2,3)28(8,9)26-17-14-20(4,5)22(21(6,15-17)27-22)12-10-16(11-13-23)18(24)25-7/h10-13,17H,14-15H2,1-9H3/b12-10+,16-11-/t17-,21+,22-/m0/s1. The lowest BCUT2D eigenvalue weighted by Crippen LogP contribution is -2.51. The highest BCUT2D eigenvalue weighted by molar-refractivity contribution is 6.74. The van der Waals surface area contributed by atoms with E-state index in [-0.39, 0.29) is 27.7 Å². The minimum Gasteiger partial charge on any atom is -0.465 e. The summed E-state index contributed by atoms with van der Waals surface area (Å²) in [5.74, 6) is -0.533. The van der Waals surface area contributed by atoms with Crippen molar-refractivity contribution >= 4 is 20.6 Å². The molecule has 1 aliphatic carbocycles. The molecular weight excluding hydrogens is 372 g/mol. The van der Waals surface area contributed by atoms with Gasteiger partial charge in [0.05, 0.1) is 12.7 Å². The molecular formula is C22H36O5Si. The maximum absolute atomic E-state index is 11.9. The minimum atomic E-state index is -1.87. The highest BCUT2D eigenvalue weighted by Crippen LogP contribution is 2.66. The van der Waals surface area contributed by atoms with Gasteiger partial charge in [0.25, 0.3) is 0 Å². The van der Waals surface area contributed by atoms with Crippen LogP contribution in [0.15, 0.2) is 23.8 Å². The van der Waals surface area contributed by atoms with Crippen LogP contribution in [0.1, 0.15) is 54.4 Å². The number of hydrogen-bond donors (Lipinski definition) is 0. The topological polar surface area (TPSA) is 65.1 Å². The van der Waals surface area contributed by atoms with Gasteiger partial charge in [-0.15, -0.1) is 0 Å². The molecule has 0 bridgehead atoms. The summed E-state index contributed by atoms with van der Waals surface area (Å²) in [4.78, 5) is 22.7. The number of esters is 1. The molecule has 1 aliphatic heterocycles. The van der Waals surface area contributed by atoms with Gasteiger partial charge in [-0.1, -0.05) is 34.6 Å². The molecule has 0 N–H and O–H groups in total. The molecule has 0 aromatic rings. The Morgan fingerprint density at radius 2 is 1.79 bits per heavy atom. The minimum absolute atomic E-state index is 0.149. The van der Waals surface area contributed by atoms with E-state index in [9.17, 15) is 9.59 Å². The fourth-order valence-corrected chi connectivity index (χ4v) is 5.66. The summed E-state index contributed by atoms with van der Waals surface area (Å²) in [7, 11) is -0.569. The van der Waals surface area contributed by atoms with E-state index in [0.717, 1.165) is 12.8 Å². The van der Waals surface area contributed by atoms with Gasteiger partial charge >= 0.3 is 5.97 Å². The van der Waals surface area contributed by atoms with E-state index in [1.165, 1.54) is 13.2 Å². The molecule has 6 heteroatoms. The predicted octanol–water partition coefficient (Wildman–Crippen LogP) is 4.58. The summed E-state index contributed by atoms with van der Waals surface area (Å²) in [6.45, 7) is 17.8. The van der Waals surface area contributed by atoms with E-state index in [1.807, 2.05) is 6.08 Å². The van der Waals surface area contributed by atoms with Gasteiger partial charge in [0, 0.05) is 17.9 Å². The quantitative estimate of drug-likeness (QED) is 0.161. The molecule has 158 valence electrons. The van der Waals surface area contributed by atoms with Crippen LogP contribution in [0.5, 0.6) is 0 Å². The van der Waals surface area contributed by atoms with Crippen molar-refractivity contribution in [2.24, 2.45) is 5.41 Å². The lowest BCUT2D eigenvalue weighted by atomic mass is 9.63. The van der Waals surface area contributed by atoms with Crippen molar-refractivity contribution in [2.45, 2.75) is 89.8 Å². The molecule has 28 heavy (non-hydrogen) atoms. The number of rotatable bonds is 6. The molecule has 1 saturated heterocycles. The largest absolute Gasteiger partial charge is 0.465 e. The zero-order valence-corrected chi connectivity index (χ0v) is 19.8. The molecule has 5 nitrogen and oxygen atoms in total. The van der Waals surface area contributed by atoms with Crippen LogP contribution in [0.25, 0.3) is 0 Å². The molecule has 0 spiro atoms. The van der Waals surface area contributed by atoms with Gasteiger partial charge in [-0.2, -0.15) is 0 Å². The predicted molar refractivity (Wildman–Crippen MR) is 113 cm³/mol. The van der Waals surface area contributed by atoms with E-state index in [1.54, 1.807) is 6.08 Å². The van der Waals surface area contributed by atoms with Crippen LogP contribution in [0.4, 0.5) is 0 Å². The first-order valence-electron chi connectivity index (χ1n) is 9.96. The average molecular weight is 409 g/mol. The van der Waals surface area contributed by atoms with Crippen molar-refractivity contribution in [3.63, 3.8) is 0 Å². The van der Waals surface area contributed by atoms with E-state index < -0.39 is 19.9 Å². The maximum atomic E-state index is 11.9. The van der Waals surface area contributed by atoms with Crippen LogP contribution in [-0.4, -0.2) is 45.0 Å².